The molecular weight excluding hydrogens is 206 g/mol. The predicted octanol–water partition coefficient (Wildman–Crippen LogP) is -2.13. The van der Waals surface area contributed by atoms with E-state index >= 15 is 0 Å². The molecular formula is C10H15N5O. The zero-order valence-corrected chi connectivity index (χ0v) is 9.10. The minimum Gasteiger partial charge on any atom is -0.385 e. The van der Waals surface area contributed by atoms with Crippen LogP contribution in [0.2, 0.25) is 0 Å². The van der Waals surface area contributed by atoms with Gasteiger partial charge >= 0.3 is 0 Å². The van der Waals surface area contributed by atoms with Gasteiger partial charge in [-0.2, -0.15) is 0 Å². The normalized spacial score (nSPS) is 22.6. The first-order valence-electron chi connectivity index (χ1n) is 5.00. The Morgan fingerprint density at radius 2 is 2.31 bits per heavy atom. The standard InChI is InChI=1S/C10H15N5O/c1-16-3-2-10(12)4-7-8(5-15-10)13-6-14-9(7)11/h4-6,15H,2-3,12H2,1H3,(H2,11,13,14). The van der Waals surface area contributed by atoms with Gasteiger partial charge in [0.15, 0.2) is 0 Å². The van der Waals surface area contributed by atoms with Crippen molar-refractivity contribution in [2.75, 3.05) is 19.5 Å². The van der Waals surface area contributed by atoms with E-state index in [0.717, 1.165) is 10.6 Å². The van der Waals surface area contributed by atoms with E-state index in [1.165, 1.54) is 6.33 Å². The Balaban J connectivity index is 2.42. The number of hydrogen-bond donors (Lipinski definition) is 3. The summed E-state index contributed by atoms with van der Waals surface area (Å²) >= 11 is 0. The number of ether oxygens (including phenoxy) is 1. The number of anilines is 1. The van der Waals surface area contributed by atoms with Crippen LogP contribution in [0, 0.1) is 0 Å². The van der Waals surface area contributed by atoms with E-state index < -0.39 is 5.66 Å². The number of aromatic nitrogens is 2. The summed E-state index contributed by atoms with van der Waals surface area (Å²) in [5, 5.41) is 4.62. The van der Waals surface area contributed by atoms with Crippen molar-refractivity contribution < 1.29 is 4.74 Å². The molecule has 1 aliphatic heterocycles. The first kappa shape index (κ1) is 10.8. The number of fused-ring (bicyclic) bond motifs is 1. The van der Waals surface area contributed by atoms with Crippen molar-refractivity contribution in [3.63, 3.8) is 0 Å². The third kappa shape index (κ3) is 1.98. The van der Waals surface area contributed by atoms with E-state index in [2.05, 4.69) is 15.3 Å². The third-order valence-electron chi connectivity index (χ3n) is 2.54. The molecule has 6 nitrogen and oxygen atoms in total. The van der Waals surface area contributed by atoms with Crippen molar-refractivity contribution in [1.29, 1.82) is 0 Å². The second kappa shape index (κ2) is 4.07. The molecule has 0 amide bonds. The fourth-order valence-electron chi connectivity index (χ4n) is 1.60. The van der Waals surface area contributed by atoms with E-state index in [4.69, 9.17) is 16.2 Å². The van der Waals surface area contributed by atoms with E-state index in [-0.39, 0.29) is 0 Å². The van der Waals surface area contributed by atoms with Crippen LogP contribution in [-0.4, -0.2) is 29.3 Å². The van der Waals surface area contributed by atoms with E-state index in [1.807, 2.05) is 6.08 Å². The fraction of sp³-hybridized carbons (Fsp3) is 0.400. The van der Waals surface area contributed by atoms with Crippen molar-refractivity contribution >= 4 is 18.1 Å². The first-order valence-corrected chi connectivity index (χ1v) is 5.00. The molecule has 0 aromatic carbocycles. The Morgan fingerprint density at radius 1 is 1.50 bits per heavy atom. The highest BCUT2D eigenvalue weighted by atomic mass is 16.5. The Hall–Kier alpha value is -1.66. The summed E-state index contributed by atoms with van der Waals surface area (Å²) in [6, 6.07) is 0. The molecule has 16 heavy (non-hydrogen) atoms. The Morgan fingerprint density at radius 3 is 3.06 bits per heavy atom. The van der Waals surface area contributed by atoms with Crippen LogP contribution in [0.15, 0.2) is 6.33 Å². The van der Waals surface area contributed by atoms with Gasteiger partial charge in [0.25, 0.3) is 0 Å². The van der Waals surface area contributed by atoms with Gasteiger partial charge in [0.05, 0.1) is 12.0 Å². The number of nitrogens with zero attached hydrogens (tertiary/aromatic N) is 2. The highest BCUT2D eigenvalue weighted by Crippen LogP contribution is 2.06. The minimum absolute atomic E-state index is 0.440. The monoisotopic (exact) mass is 221 g/mol. The molecule has 2 heterocycles. The molecule has 1 unspecified atom stereocenters. The quantitative estimate of drug-likeness (QED) is 0.539. The van der Waals surface area contributed by atoms with Gasteiger partial charge < -0.3 is 21.5 Å². The topological polar surface area (TPSA) is 99.1 Å². The first-order chi connectivity index (χ1) is 7.64. The van der Waals surface area contributed by atoms with Crippen LogP contribution in [0.4, 0.5) is 5.82 Å². The molecule has 5 N–H and O–H groups in total. The van der Waals surface area contributed by atoms with Crippen LogP contribution in [0.1, 0.15) is 6.42 Å². The average Bonchev–Trinajstić information content (AvgIpc) is 2.28. The minimum atomic E-state index is -0.651. The van der Waals surface area contributed by atoms with Crippen molar-refractivity contribution in [2.45, 2.75) is 12.1 Å². The zero-order valence-electron chi connectivity index (χ0n) is 9.10. The smallest absolute Gasteiger partial charge is 0.134 e. The van der Waals surface area contributed by atoms with Gasteiger partial charge in [0, 0.05) is 24.9 Å². The molecule has 1 atom stereocenters. The number of rotatable bonds is 3. The molecule has 0 spiro atoms. The highest BCUT2D eigenvalue weighted by molar-refractivity contribution is 5.50. The fourth-order valence-corrected chi connectivity index (χ4v) is 1.60. The molecule has 0 radical (unpaired) electrons. The molecule has 1 aromatic heterocycles. The second-order valence-corrected chi connectivity index (χ2v) is 3.77. The molecule has 86 valence electrons. The van der Waals surface area contributed by atoms with Crippen LogP contribution in [-0.2, 0) is 4.74 Å². The molecule has 0 fully saturated rings. The lowest BCUT2D eigenvalue weighted by molar-refractivity contribution is 0.177. The van der Waals surface area contributed by atoms with Gasteiger partial charge in [0.1, 0.15) is 17.8 Å². The zero-order chi connectivity index (χ0) is 11.6. The summed E-state index contributed by atoms with van der Waals surface area (Å²) in [5.41, 5.74) is 11.3. The molecule has 0 aliphatic carbocycles. The summed E-state index contributed by atoms with van der Waals surface area (Å²) in [6.45, 7) is 0.566. The lowest BCUT2D eigenvalue weighted by Gasteiger charge is -2.28. The number of nitrogen functional groups attached to an aromatic ring is 1. The Bertz CT molecular complexity index is 500. The van der Waals surface area contributed by atoms with Crippen LogP contribution >= 0.6 is 0 Å². The maximum Gasteiger partial charge on any atom is 0.134 e. The van der Waals surface area contributed by atoms with Gasteiger partial charge in [-0.05, 0) is 6.08 Å². The largest absolute Gasteiger partial charge is 0.385 e. The van der Waals surface area contributed by atoms with Crippen molar-refractivity contribution in [3.8, 4) is 0 Å². The molecule has 0 saturated carbocycles. The number of nitrogens with one attached hydrogen (secondary N) is 1. The molecule has 1 aromatic rings. The summed E-state index contributed by atoms with van der Waals surface area (Å²) in [7, 11) is 1.64. The second-order valence-electron chi connectivity index (χ2n) is 3.77. The summed E-state index contributed by atoms with van der Waals surface area (Å²) in [6.07, 6.45) is 5.67. The van der Waals surface area contributed by atoms with Gasteiger partial charge in [0.2, 0.25) is 0 Å². The van der Waals surface area contributed by atoms with Crippen LogP contribution in [0.5, 0.6) is 0 Å². The lowest BCUT2D eigenvalue weighted by atomic mass is 10.0. The van der Waals surface area contributed by atoms with Crippen LogP contribution in [0.3, 0.4) is 0 Å². The van der Waals surface area contributed by atoms with Crippen molar-refractivity contribution in [1.82, 2.24) is 15.3 Å². The van der Waals surface area contributed by atoms with Crippen molar-refractivity contribution in [2.24, 2.45) is 5.73 Å². The van der Waals surface area contributed by atoms with E-state index in [0.29, 0.717) is 18.8 Å². The van der Waals surface area contributed by atoms with Crippen LogP contribution in [0.25, 0.3) is 12.3 Å². The van der Waals surface area contributed by atoms with Crippen molar-refractivity contribution in [3.05, 3.63) is 16.9 Å². The molecule has 1 aliphatic rings. The predicted molar refractivity (Wildman–Crippen MR) is 61.2 cm³/mol. The highest BCUT2D eigenvalue weighted by Gasteiger charge is 2.22. The maximum absolute atomic E-state index is 6.14. The van der Waals surface area contributed by atoms with Gasteiger partial charge in [-0.1, -0.05) is 0 Å². The number of nitrogens with two attached hydrogens (primary N) is 2. The summed E-state index contributed by atoms with van der Waals surface area (Å²) in [4.78, 5) is 8.04. The molecule has 0 saturated heterocycles. The average molecular weight is 221 g/mol. The van der Waals surface area contributed by atoms with E-state index in [9.17, 15) is 0 Å². The van der Waals surface area contributed by atoms with Crippen LogP contribution < -0.4 is 27.4 Å². The summed E-state index contributed by atoms with van der Waals surface area (Å²) < 4.78 is 5.01. The van der Waals surface area contributed by atoms with Gasteiger partial charge in [-0.25, -0.2) is 9.97 Å². The summed E-state index contributed by atoms with van der Waals surface area (Å²) in [5.74, 6) is 0.440. The van der Waals surface area contributed by atoms with E-state index in [1.54, 1.807) is 13.3 Å². The Kier molecular flexibility index (Phi) is 2.76. The maximum atomic E-state index is 6.14. The van der Waals surface area contributed by atoms with Gasteiger partial charge in [-0.3, -0.25) is 0 Å². The molecule has 6 heteroatoms. The van der Waals surface area contributed by atoms with Gasteiger partial charge in [-0.15, -0.1) is 0 Å². The number of hydrogen-bond acceptors (Lipinski definition) is 6. The lowest BCUT2D eigenvalue weighted by Crippen LogP contribution is -2.56. The SMILES string of the molecule is COCCC1(N)C=c2c(N)ncnc2=CN1. The Labute approximate surface area is 93.0 Å². The molecule has 2 rings (SSSR count). The third-order valence-corrected chi connectivity index (χ3v) is 2.54. The number of methoxy groups -OCH3 is 1. The molecule has 0 bridgehead atoms.